The van der Waals surface area contributed by atoms with Crippen molar-refractivity contribution in [3.63, 3.8) is 0 Å². The lowest BCUT2D eigenvalue weighted by molar-refractivity contribution is -0.143. The largest absolute Gasteiger partial charge is 0.459 e. The number of rotatable bonds is 5. The Hall–Kier alpha value is -1.50. The number of likely N-dealkylation sites (tertiary alicyclic amines) is 1. The Kier molecular flexibility index (Phi) is 9.26. The Morgan fingerprint density at radius 2 is 1.93 bits per heavy atom. The van der Waals surface area contributed by atoms with Crippen molar-refractivity contribution in [1.29, 1.82) is 0 Å². The number of halogens is 4. The third-order valence-corrected chi connectivity index (χ3v) is 5.21. The summed E-state index contributed by atoms with van der Waals surface area (Å²) in [5.41, 5.74) is 0. The molecule has 2 fully saturated rings. The molecule has 7 nitrogen and oxygen atoms in total. The first-order valence-electron chi connectivity index (χ1n) is 10.0. The zero-order valence-electron chi connectivity index (χ0n) is 17.0. The molecule has 0 saturated carbocycles. The molecule has 1 aromatic rings. The molecule has 1 N–H and O–H groups in total. The number of aliphatic imine (C=N–C) groups is 1. The molecule has 11 heteroatoms. The van der Waals surface area contributed by atoms with Crippen LogP contribution >= 0.6 is 24.0 Å². The predicted octanol–water partition coefficient (Wildman–Crippen LogP) is 2.51. The van der Waals surface area contributed by atoms with Gasteiger partial charge in [-0.15, -0.1) is 24.0 Å². The second kappa shape index (κ2) is 11.2. The van der Waals surface area contributed by atoms with Gasteiger partial charge in [0, 0.05) is 45.8 Å². The Labute approximate surface area is 191 Å². The van der Waals surface area contributed by atoms with Crippen molar-refractivity contribution in [3.05, 3.63) is 24.2 Å². The van der Waals surface area contributed by atoms with E-state index in [1.807, 2.05) is 6.92 Å². The number of hydrogen-bond donors (Lipinski definition) is 1. The molecule has 1 amide bonds. The first-order valence-corrected chi connectivity index (χ1v) is 10.0. The average molecular weight is 543 g/mol. The van der Waals surface area contributed by atoms with Gasteiger partial charge in [0.05, 0.1) is 12.8 Å². The van der Waals surface area contributed by atoms with E-state index in [4.69, 9.17) is 4.42 Å². The predicted molar refractivity (Wildman–Crippen MR) is 118 cm³/mol. The monoisotopic (exact) mass is 543 g/mol. The van der Waals surface area contributed by atoms with Gasteiger partial charge in [0.25, 0.3) is 5.91 Å². The Balaban J connectivity index is 0.00000320. The molecule has 0 radical (unpaired) electrons. The SMILES string of the molecule is CCNC(=NCC1CCN(CC(F)(F)F)C1)N1CCN(C(=O)c2ccco2)CC1.I. The highest BCUT2D eigenvalue weighted by Gasteiger charge is 2.34. The molecular formula is C19H29F3IN5O2. The van der Waals surface area contributed by atoms with Crippen LogP contribution in [-0.2, 0) is 0 Å². The van der Waals surface area contributed by atoms with Crippen molar-refractivity contribution >= 4 is 35.8 Å². The van der Waals surface area contributed by atoms with Gasteiger partial charge in [-0.3, -0.25) is 14.7 Å². The topological polar surface area (TPSA) is 64.3 Å². The summed E-state index contributed by atoms with van der Waals surface area (Å²) >= 11 is 0. The summed E-state index contributed by atoms with van der Waals surface area (Å²) in [5, 5.41) is 3.26. The smallest absolute Gasteiger partial charge is 0.401 e. The number of amides is 1. The molecule has 2 aliphatic heterocycles. The summed E-state index contributed by atoms with van der Waals surface area (Å²) in [6.45, 7) is 5.63. The van der Waals surface area contributed by atoms with Crippen molar-refractivity contribution in [2.75, 3.05) is 58.9 Å². The number of carbonyl (C=O) groups excluding carboxylic acids is 1. The molecule has 3 heterocycles. The van der Waals surface area contributed by atoms with Crippen LogP contribution in [0.2, 0.25) is 0 Å². The highest BCUT2D eigenvalue weighted by Crippen LogP contribution is 2.23. The van der Waals surface area contributed by atoms with E-state index in [1.165, 1.54) is 11.2 Å². The summed E-state index contributed by atoms with van der Waals surface area (Å²) in [6.07, 6.45) is -1.94. The summed E-state index contributed by atoms with van der Waals surface area (Å²) in [4.78, 5) is 22.3. The molecule has 1 aromatic heterocycles. The lowest BCUT2D eigenvalue weighted by Crippen LogP contribution is -2.53. The van der Waals surface area contributed by atoms with E-state index in [1.54, 1.807) is 17.0 Å². The van der Waals surface area contributed by atoms with Crippen LogP contribution < -0.4 is 5.32 Å². The van der Waals surface area contributed by atoms with Crippen LogP contribution in [0, 0.1) is 5.92 Å². The molecule has 0 bridgehead atoms. The van der Waals surface area contributed by atoms with Gasteiger partial charge in [0.15, 0.2) is 11.7 Å². The number of guanidine groups is 1. The lowest BCUT2D eigenvalue weighted by atomic mass is 10.1. The molecule has 30 heavy (non-hydrogen) atoms. The molecular weight excluding hydrogens is 514 g/mol. The fourth-order valence-electron chi connectivity index (χ4n) is 3.78. The second-order valence-electron chi connectivity index (χ2n) is 7.46. The fourth-order valence-corrected chi connectivity index (χ4v) is 3.78. The first kappa shape index (κ1) is 24.8. The molecule has 0 aliphatic carbocycles. The minimum atomic E-state index is -4.15. The molecule has 3 rings (SSSR count). The molecule has 2 aliphatic rings. The number of carbonyl (C=O) groups is 1. The van der Waals surface area contributed by atoms with Gasteiger partial charge >= 0.3 is 6.18 Å². The summed E-state index contributed by atoms with van der Waals surface area (Å²) in [5.74, 6) is 1.11. The highest BCUT2D eigenvalue weighted by atomic mass is 127. The van der Waals surface area contributed by atoms with Crippen LogP contribution in [0.5, 0.6) is 0 Å². The highest BCUT2D eigenvalue weighted by molar-refractivity contribution is 14.0. The maximum Gasteiger partial charge on any atom is 0.401 e. The third kappa shape index (κ3) is 7.03. The number of hydrogen-bond acceptors (Lipinski definition) is 4. The van der Waals surface area contributed by atoms with Gasteiger partial charge in [0.1, 0.15) is 0 Å². The van der Waals surface area contributed by atoms with Gasteiger partial charge in [-0.1, -0.05) is 0 Å². The molecule has 1 atom stereocenters. The lowest BCUT2D eigenvalue weighted by Gasteiger charge is -2.36. The van der Waals surface area contributed by atoms with E-state index in [9.17, 15) is 18.0 Å². The number of nitrogens with zero attached hydrogens (tertiary/aromatic N) is 4. The number of nitrogens with one attached hydrogen (secondary N) is 1. The zero-order valence-corrected chi connectivity index (χ0v) is 19.4. The van der Waals surface area contributed by atoms with Crippen molar-refractivity contribution in [3.8, 4) is 0 Å². The van der Waals surface area contributed by atoms with Crippen molar-refractivity contribution in [2.24, 2.45) is 10.9 Å². The maximum absolute atomic E-state index is 12.6. The maximum atomic E-state index is 12.6. The molecule has 0 spiro atoms. The zero-order chi connectivity index (χ0) is 20.9. The number of piperazine rings is 1. The third-order valence-electron chi connectivity index (χ3n) is 5.21. The van der Waals surface area contributed by atoms with Crippen molar-refractivity contribution in [1.82, 2.24) is 20.0 Å². The summed E-state index contributed by atoms with van der Waals surface area (Å²) in [7, 11) is 0. The van der Waals surface area contributed by atoms with E-state index < -0.39 is 12.7 Å². The van der Waals surface area contributed by atoms with Crippen LogP contribution in [0.25, 0.3) is 0 Å². The van der Waals surface area contributed by atoms with E-state index >= 15 is 0 Å². The van der Waals surface area contributed by atoms with E-state index in [0.29, 0.717) is 58.1 Å². The van der Waals surface area contributed by atoms with Gasteiger partial charge < -0.3 is 19.5 Å². The number of furan rings is 1. The van der Waals surface area contributed by atoms with Crippen molar-refractivity contribution in [2.45, 2.75) is 19.5 Å². The standard InChI is InChI=1S/C19H28F3N5O2.HI/c1-2-23-18(24-12-15-5-6-25(13-15)14-19(20,21)22)27-9-7-26(8-10-27)17(28)16-4-3-11-29-16;/h3-4,11,15H,2,5-10,12-14H2,1H3,(H,23,24);1H. The van der Waals surface area contributed by atoms with Crippen LogP contribution in [0.3, 0.4) is 0 Å². The van der Waals surface area contributed by atoms with E-state index in [0.717, 1.165) is 12.4 Å². The van der Waals surface area contributed by atoms with E-state index in [-0.39, 0.29) is 35.8 Å². The molecule has 1 unspecified atom stereocenters. The van der Waals surface area contributed by atoms with Gasteiger partial charge in [-0.25, -0.2) is 0 Å². The Morgan fingerprint density at radius 1 is 1.23 bits per heavy atom. The van der Waals surface area contributed by atoms with Gasteiger partial charge in [-0.2, -0.15) is 13.2 Å². The van der Waals surface area contributed by atoms with Crippen LogP contribution in [0.1, 0.15) is 23.9 Å². The van der Waals surface area contributed by atoms with Crippen LogP contribution in [0.15, 0.2) is 27.8 Å². The summed E-state index contributed by atoms with van der Waals surface area (Å²) in [6, 6.07) is 3.35. The molecule has 0 aromatic carbocycles. The van der Waals surface area contributed by atoms with Crippen LogP contribution in [0.4, 0.5) is 13.2 Å². The van der Waals surface area contributed by atoms with Gasteiger partial charge in [0.2, 0.25) is 0 Å². The number of alkyl halides is 3. The normalized spacial score (nSPS) is 20.9. The quantitative estimate of drug-likeness (QED) is 0.352. The van der Waals surface area contributed by atoms with Gasteiger partial charge in [-0.05, 0) is 37.9 Å². The minimum absolute atomic E-state index is 0. The van der Waals surface area contributed by atoms with Crippen LogP contribution in [-0.4, -0.2) is 91.6 Å². The second-order valence-corrected chi connectivity index (χ2v) is 7.46. The first-order chi connectivity index (χ1) is 13.9. The molecule has 170 valence electrons. The fraction of sp³-hybridized carbons (Fsp3) is 0.684. The molecule has 2 saturated heterocycles. The van der Waals surface area contributed by atoms with E-state index in [2.05, 4.69) is 15.2 Å². The van der Waals surface area contributed by atoms with Crippen molar-refractivity contribution < 1.29 is 22.4 Å². The Morgan fingerprint density at radius 3 is 2.53 bits per heavy atom. The Bertz CT molecular complexity index is 691. The average Bonchev–Trinajstić information content (AvgIpc) is 3.35. The minimum Gasteiger partial charge on any atom is -0.459 e. The summed E-state index contributed by atoms with van der Waals surface area (Å²) < 4.78 is 42.8.